The number of nitrogens with zero attached hydrogens (tertiary/aromatic N) is 1. The first-order valence-corrected chi connectivity index (χ1v) is 6.43. The fourth-order valence-electron chi connectivity index (χ4n) is 2.01. The van der Waals surface area contributed by atoms with Gasteiger partial charge in [0, 0.05) is 19.7 Å². The number of esters is 1. The van der Waals surface area contributed by atoms with Gasteiger partial charge in [-0.2, -0.15) is 0 Å². The van der Waals surface area contributed by atoms with Gasteiger partial charge in [0.05, 0.1) is 12.7 Å². The molecule has 1 aliphatic rings. The molecule has 1 saturated heterocycles. The summed E-state index contributed by atoms with van der Waals surface area (Å²) in [5.74, 6) is -0.321. The fraction of sp³-hybridized carbons (Fsp3) is 0.917. The molecule has 5 heteroatoms. The van der Waals surface area contributed by atoms with Gasteiger partial charge in [0.25, 0.3) is 0 Å². The highest BCUT2D eigenvalue weighted by Crippen LogP contribution is 2.13. The van der Waals surface area contributed by atoms with Crippen molar-refractivity contribution < 1.29 is 14.3 Å². The Kier molecular flexibility index (Phi) is 6.47. The molecular formula is C12H24N2O3. The van der Waals surface area contributed by atoms with Crippen molar-refractivity contribution in [3.8, 4) is 0 Å². The highest BCUT2D eigenvalue weighted by Gasteiger charge is 2.22. The first-order chi connectivity index (χ1) is 8.17. The maximum absolute atomic E-state index is 11.4. The van der Waals surface area contributed by atoms with Crippen molar-refractivity contribution in [2.24, 2.45) is 5.73 Å². The molecule has 0 bridgehead atoms. The van der Waals surface area contributed by atoms with Crippen molar-refractivity contribution in [1.29, 1.82) is 0 Å². The smallest absolute Gasteiger partial charge is 0.324 e. The summed E-state index contributed by atoms with van der Waals surface area (Å²) in [4.78, 5) is 13.6. The van der Waals surface area contributed by atoms with Crippen LogP contribution in [0.3, 0.4) is 0 Å². The Bertz CT molecular complexity index is 230. The minimum atomic E-state index is -0.559. The molecule has 2 unspecified atom stereocenters. The van der Waals surface area contributed by atoms with Crippen LogP contribution in [-0.4, -0.2) is 55.9 Å². The van der Waals surface area contributed by atoms with E-state index in [1.165, 1.54) is 0 Å². The molecule has 17 heavy (non-hydrogen) atoms. The lowest BCUT2D eigenvalue weighted by Crippen LogP contribution is -2.45. The standard InChI is InChI=1S/C12H24N2O3/c1-3-14(8-10-6-5-7-17-10)9-11(13)12(15)16-4-2/h10-11H,3-9,13H2,1-2H3. The van der Waals surface area contributed by atoms with E-state index in [0.717, 1.165) is 32.5 Å². The van der Waals surface area contributed by atoms with E-state index < -0.39 is 6.04 Å². The Balaban J connectivity index is 2.31. The van der Waals surface area contributed by atoms with Gasteiger partial charge in [0.15, 0.2) is 0 Å². The third kappa shape index (κ3) is 5.02. The summed E-state index contributed by atoms with van der Waals surface area (Å²) >= 11 is 0. The quantitative estimate of drug-likeness (QED) is 0.656. The molecule has 0 saturated carbocycles. The number of ether oxygens (including phenoxy) is 2. The largest absolute Gasteiger partial charge is 0.465 e. The zero-order valence-electron chi connectivity index (χ0n) is 10.9. The van der Waals surface area contributed by atoms with E-state index in [1.54, 1.807) is 6.92 Å². The van der Waals surface area contributed by atoms with Crippen LogP contribution in [0.25, 0.3) is 0 Å². The first kappa shape index (κ1) is 14.4. The average molecular weight is 244 g/mol. The van der Waals surface area contributed by atoms with Gasteiger partial charge < -0.3 is 15.2 Å². The lowest BCUT2D eigenvalue weighted by atomic mass is 10.2. The Labute approximate surface area is 103 Å². The van der Waals surface area contributed by atoms with Crippen molar-refractivity contribution >= 4 is 5.97 Å². The maximum atomic E-state index is 11.4. The van der Waals surface area contributed by atoms with E-state index in [4.69, 9.17) is 15.2 Å². The molecule has 0 spiro atoms. The van der Waals surface area contributed by atoms with E-state index in [-0.39, 0.29) is 5.97 Å². The Morgan fingerprint density at radius 2 is 2.35 bits per heavy atom. The highest BCUT2D eigenvalue weighted by atomic mass is 16.5. The van der Waals surface area contributed by atoms with Crippen LogP contribution < -0.4 is 5.73 Å². The number of hydrogen-bond donors (Lipinski definition) is 1. The zero-order chi connectivity index (χ0) is 12.7. The van der Waals surface area contributed by atoms with E-state index >= 15 is 0 Å². The third-order valence-electron chi connectivity index (χ3n) is 2.98. The fourth-order valence-corrected chi connectivity index (χ4v) is 2.01. The number of likely N-dealkylation sites (N-methyl/N-ethyl adjacent to an activating group) is 1. The van der Waals surface area contributed by atoms with Crippen LogP contribution in [0.5, 0.6) is 0 Å². The third-order valence-corrected chi connectivity index (χ3v) is 2.98. The van der Waals surface area contributed by atoms with Crippen molar-refractivity contribution in [3.63, 3.8) is 0 Å². The lowest BCUT2D eigenvalue weighted by molar-refractivity contribution is -0.145. The summed E-state index contributed by atoms with van der Waals surface area (Å²) in [6.45, 7) is 7.34. The maximum Gasteiger partial charge on any atom is 0.324 e. The van der Waals surface area contributed by atoms with Crippen LogP contribution in [0, 0.1) is 0 Å². The predicted molar refractivity (Wildman–Crippen MR) is 65.7 cm³/mol. The van der Waals surface area contributed by atoms with Crippen LogP contribution in [0.4, 0.5) is 0 Å². The number of nitrogens with two attached hydrogens (primary N) is 1. The van der Waals surface area contributed by atoms with Crippen LogP contribution in [0.1, 0.15) is 26.7 Å². The first-order valence-electron chi connectivity index (χ1n) is 6.43. The topological polar surface area (TPSA) is 64.8 Å². The summed E-state index contributed by atoms with van der Waals surface area (Å²) < 4.78 is 10.5. The zero-order valence-corrected chi connectivity index (χ0v) is 10.9. The van der Waals surface area contributed by atoms with Crippen LogP contribution in [0.2, 0.25) is 0 Å². The molecule has 1 fully saturated rings. The Morgan fingerprint density at radius 3 is 2.88 bits per heavy atom. The van der Waals surface area contributed by atoms with Crippen molar-refractivity contribution in [2.75, 3.05) is 32.8 Å². The SMILES string of the molecule is CCOC(=O)C(N)CN(CC)CC1CCCO1. The normalized spacial score (nSPS) is 21.8. The summed E-state index contributed by atoms with van der Waals surface area (Å²) in [5.41, 5.74) is 5.80. The summed E-state index contributed by atoms with van der Waals surface area (Å²) in [6, 6.07) is -0.559. The van der Waals surface area contributed by atoms with Gasteiger partial charge in [-0.3, -0.25) is 9.69 Å². The Morgan fingerprint density at radius 1 is 1.59 bits per heavy atom. The molecular weight excluding hydrogens is 220 g/mol. The highest BCUT2D eigenvalue weighted by molar-refractivity contribution is 5.75. The van der Waals surface area contributed by atoms with E-state index in [1.807, 2.05) is 0 Å². The van der Waals surface area contributed by atoms with Gasteiger partial charge in [0.2, 0.25) is 0 Å². The molecule has 1 aliphatic heterocycles. The molecule has 1 heterocycles. The number of rotatable bonds is 7. The van der Waals surface area contributed by atoms with Crippen LogP contribution in [-0.2, 0) is 14.3 Å². The van der Waals surface area contributed by atoms with Crippen molar-refractivity contribution in [1.82, 2.24) is 4.90 Å². The molecule has 0 aromatic carbocycles. The Hall–Kier alpha value is -0.650. The summed E-state index contributed by atoms with van der Waals surface area (Å²) in [7, 11) is 0. The number of carbonyl (C=O) groups excluding carboxylic acids is 1. The van der Waals surface area contributed by atoms with E-state index in [9.17, 15) is 4.79 Å². The van der Waals surface area contributed by atoms with Gasteiger partial charge in [-0.15, -0.1) is 0 Å². The number of hydrogen-bond acceptors (Lipinski definition) is 5. The molecule has 100 valence electrons. The molecule has 0 amide bonds. The van der Waals surface area contributed by atoms with Crippen LogP contribution >= 0.6 is 0 Å². The second kappa shape index (κ2) is 7.63. The predicted octanol–water partition coefficient (Wildman–Crippen LogP) is 0.378. The molecule has 0 aliphatic carbocycles. The molecule has 2 atom stereocenters. The molecule has 1 rings (SSSR count). The van der Waals surface area contributed by atoms with Gasteiger partial charge in [-0.05, 0) is 26.3 Å². The molecule has 0 aromatic heterocycles. The monoisotopic (exact) mass is 244 g/mol. The second-order valence-corrected chi connectivity index (χ2v) is 4.35. The molecule has 5 nitrogen and oxygen atoms in total. The lowest BCUT2D eigenvalue weighted by Gasteiger charge is -2.25. The minimum Gasteiger partial charge on any atom is -0.465 e. The molecule has 0 aromatic rings. The van der Waals surface area contributed by atoms with Crippen molar-refractivity contribution in [3.05, 3.63) is 0 Å². The second-order valence-electron chi connectivity index (χ2n) is 4.35. The van der Waals surface area contributed by atoms with E-state index in [2.05, 4.69) is 11.8 Å². The molecule has 2 N–H and O–H groups in total. The van der Waals surface area contributed by atoms with Gasteiger partial charge in [-0.1, -0.05) is 6.92 Å². The average Bonchev–Trinajstić information content (AvgIpc) is 2.81. The number of carbonyl (C=O) groups is 1. The van der Waals surface area contributed by atoms with Gasteiger partial charge >= 0.3 is 5.97 Å². The van der Waals surface area contributed by atoms with Crippen molar-refractivity contribution in [2.45, 2.75) is 38.8 Å². The summed E-state index contributed by atoms with van der Waals surface area (Å²) in [6.07, 6.45) is 2.53. The van der Waals surface area contributed by atoms with Crippen LogP contribution in [0.15, 0.2) is 0 Å². The molecule has 0 radical (unpaired) electrons. The minimum absolute atomic E-state index is 0.296. The van der Waals surface area contributed by atoms with E-state index in [0.29, 0.717) is 19.3 Å². The van der Waals surface area contributed by atoms with Gasteiger partial charge in [-0.25, -0.2) is 0 Å². The van der Waals surface area contributed by atoms with Gasteiger partial charge in [0.1, 0.15) is 6.04 Å². The summed E-state index contributed by atoms with van der Waals surface area (Å²) in [5, 5.41) is 0.